The average molecular weight is 194 g/mol. The number of hydrogen-bond donors (Lipinski definition) is 0. The van der Waals surface area contributed by atoms with Crippen LogP contribution in [0.4, 0.5) is 0 Å². The highest BCUT2D eigenvalue weighted by atomic mass is 28.4. The average Bonchev–Trinajstić information content (AvgIpc) is 2.08. The summed E-state index contributed by atoms with van der Waals surface area (Å²) in [4.78, 5) is 0. The molecule has 0 aliphatic carbocycles. The lowest BCUT2D eigenvalue weighted by atomic mass is 10.6. The van der Waals surface area contributed by atoms with Gasteiger partial charge >= 0.3 is 8.80 Å². The normalized spacial score (nSPS) is 15.3. The van der Waals surface area contributed by atoms with Gasteiger partial charge in [-0.05, 0) is 0 Å². The minimum atomic E-state index is -2.26. The Balaban J connectivity index is 4.26. The second-order valence-electron chi connectivity index (χ2n) is 2.53. The molecule has 5 heteroatoms. The third kappa shape index (κ3) is 2.38. The molecule has 11 heavy (non-hydrogen) atoms. The second-order valence-corrected chi connectivity index (χ2v) is 8.49. The summed E-state index contributed by atoms with van der Waals surface area (Å²) in [6, 6.07) is 0. The highest BCUT2D eigenvalue weighted by molar-refractivity contribution is 6.69. The van der Waals surface area contributed by atoms with Crippen LogP contribution in [0.2, 0.25) is 5.16 Å². The van der Waals surface area contributed by atoms with Gasteiger partial charge < -0.3 is 13.3 Å². The standard InChI is InChI=1S/C6H18O3Si2/c1-5-6(10)11(7-2,8-3)9-4/h6H,5H2,1-4,10H3. The lowest BCUT2D eigenvalue weighted by Gasteiger charge is -2.29. The van der Waals surface area contributed by atoms with E-state index in [0.29, 0.717) is 5.16 Å². The van der Waals surface area contributed by atoms with E-state index in [-0.39, 0.29) is 0 Å². The lowest BCUT2D eigenvalue weighted by molar-refractivity contribution is 0.119. The summed E-state index contributed by atoms with van der Waals surface area (Å²) in [6.07, 6.45) is 1.08. The zero-order valence-corrected chi connectivity index (χ0v) is 11.0. The molecule has 0 bridgehead atoms. The van der Waals surface area contributed by atoms with E-state index in [9.17, 15) is 0 Å². The highest BCUT2D eigenvalue weighted by Gasteiger charge is 2.43. The molecule has 0 spiro atoms. The molecule has 0 fully saturated rings. The van der Waals surface area contributed by atoms with Gasteiger partial charge in [0.2, 0.25) is 0 Å². The molecule has 0 saturated carbocycles. The van der Waals surface area contributed by atoms with Crippen molar-refractivity contribution in [1.29, 1.82) is 0 Å². The fourth-order valence-electron chi connectivity index (χ4n) is 1.10. The van der Waals surface area contributed by atoms with Crippen molar-refractivity contribution in [1.82, 2.24) is 0 Å². The van der Waals surface area contributed by atoms with Crippen LogP contribution in [-0.4, -0.2) is 40.4 Å². The van der Waals surface area contributed by atoms with Crippen LogP contribution in [0.25, 0.3) is 0 Å². The molecular weight excluding hydrogens is 176 g/mol. The van der Waals surface area contributed by atoms with Crippen LogP contribution < -0.4 is 0 Å². The molecular formula is C6H18O3Si2. The van der Waals surface area contributed by atoms with Crippen molar-refractivity contribution in [2.45, 2.75) is 18.5 Å². The van der Waals surface area contributed by atoms with Crippen molar-refractivity contribution >= 4 is 19.0 Å². The third-order valence-electron chi connectivity index (χ3n) is 2.07. The van der Waals surface area contributed by atoms with E-state index >= 15 is 0 Å². The molecule has 0 amide bonds. The van der Waals surface area contributed by atoms with Crippen LogP contribution >= 0.6 is 0 Å². The van der Waals surface area contributed by atoms with Crippen LogP contribution in [0.3, 0.4) is 0 Å². The van der Waals surface area contributed by atoms with Crippen molar-refractivity contribution in [3.8, 4) is 0 Å². The van der Waals surface area contributed by atoms with Crippen LogP contribution in [0, 0.1) is 0 Å². The highest BCUT2D eigenvalue weighted by Crippen LogP contribution is 2.23. The van der Waals surface area contributed by atoms with E-state index in [2.05, 4.69) is 6.92 Å². The maximum atomic E-state index is 5.32. The molecule has 0 saturated heterocycles. The maximum absolute atomic E-state index is 5.32. The zero-order chi connectivity index (χ0) is 8.91. The summed E-state index contributed by atoms with van der Waals surface area (Å²) in [6.45, 7) is 2.14. The summed E-state index contributed by atoms with van der Waals surface area (Å²) in [5.74, 6) is 0. The molecule has 0 aliphatic heterocycles. The first kappa shape index (κ1) is 11.3. The van der Waals surface area contributed by atoms with Crippen LogP contribution in [0.5, 0.6) is 0 Å². The molecule has 0 aliphatic rings. The van der Waals surface area contributed by atoms with Gasteiger partial charge in [-0.25, -0.2) is 0 Å². The van der Waals surface area contributed by atoms with E-state index in [4.69, 9.17) is 13.3 Å². The Kier molecular flexibility index (Phi) is 5.19. The third-order valence-corrected chi connectivity index (χ3v) is 8.33. The Morgan fingerprint density at radius 2 is 1.55 bits per heavy atom. The summed E-state index contributed by atoms with van der Waals surface area (Å²) >= 11 is 0. The van der Waals surface area contributed by atoms with Crippen LogP contribution in [0.1, 0.15) is 13.3 Å². The fourth-order valence-corrected chi connectivity index (χ4v) is 5.43. The molecule has 1 atom stereocenters. The van der Waals surface area contributed by atoms with Crippen LogP contribution in [0.15, 0.2) is 0 Å². The summed E-state index contributed by atoms with van der Waals surface area (Å²) < 4.78 is 16.0. The van der Waals surface area contributed by atoms with Crippen molar-refractivity contribution in [2.24, 2.45) is 0 Å². The van der Waals surface area contributed by atoms with Crippen molar-refractivity contribution in [3.05, 3.63) is 0 Å². The Morgan fingerprint density at radius 1 is 1.18 bits per heavy atom. The van der Waals surface area contributed by atoms with Crippen molar-refractivity contribution in [3.63, 3.8) is 0 Å². The maximum Gasteiger partial charge on any atom is 0.499 e. The van der Waals surface area contributed by atoms with Gasteiger partial charge in [-0.1, -0.05) is 13.3 Å². The van der Waals surface area contributed by atoms with E-state index in [0.717, 1.165) is 16.7 Å². The van der Waals surface area contributed by atoms with E-state index in [1.807, 2.05) is 0 Å². The molecule has 0 aromatic rings. The predicted molar refractivity (Wildman–Crippen MR) is 50.8 cm³/mol. The molecule has 0 aromatic heterocycles. The molecule has 0 N–H and O–H groups in total. The Bertz CT molecular complexity index is 97.7. The van der Waals surface area contributed by atoms with Gasteiger partial charge in [0.05, 0.1) is 0 Å². The lowest BCUT2D eigenvalue weighted by Crippen LogP contribution is -2.47. The minimum Gasteiger partial charge on any atom is -0.377 e. The van der Waals surface area contributed by atoms with Gasteiger partial charge in [0.1, 0.15) is 0 Å². The predicted octanol–water partition coefficient (Wildman–Crippen LogP) is -0.0324. The van der Waals surface area contributed by atoms with E-state index in [1.165, 1.54) is 0 Å². The number of rotatable bonds is 5. The molecule has 0 heterocycles. The Hall–Kier alpha value is 0.314. The summed E-state index contributed by atoms with van der Waals surface area (Å²) in [7, 11) is 3.80. The monoisotopic (exact) mass is 194 g/mol. The van der Waals surface area contributed by atoms with Crippen LogP contribution in [-0.2, 0) is 13.3 Å². The summed E-state index contributed by atoms with van der Waals surface area (Å²) in [5.41, 5.74) is 0. The van der Waals surface area contributed by atoms with Gasteiger partial charge in [0.25, 0.3) is 0 Å². The molecule has 68 valence electrons. The SMILES string of the molecule is CCC([SiH3])[Si](OC)(OC)OC. The topological polar surface area (TPSA) is 27.7 Å². The zero-order valence-electron chi connectivity index (χ0n) is 8.01. The second kappa shape index (κ2) is 5.05. The minimum absolute atomic E-state index is 0.502. The largest absolute Gasteiger partial charge is 0.499 e. The van der Waals surface area contributed by atoms with Gasteiger partial charge in [-0.2, -0.15) is 0 Å². The fraction of sp³-hybridized carbons (Fsp3) is 1.00. The molecule has 0 aromatic carbocycles. The Labute approximate surface area is 72.8 Å². The van der Waals surface area contributed by atoms with Gasteiger partial charge in [0, 0.05) is 36.7 Å². The van der Waals surface area contributed by atoms with Crippen molar-refractivity contribution < 1.29 is 13.3 Å². The first-order chi connectivity index (χ1) is 5.16. The Morgan fingerprint density at radius 3 is 1.64 bits per heavy atom. The molecule has 3 nitrogen and oxygen atoms in total. The first-order valence-electron chi connectivity index (χ1n) is 3.82. The van der Waals surface area contributed by atoms with Gasteiger partial charge in [0.15, 0.2) is 0 Å². The molecule has 0 radical (unpaired) electrons. The quantitative estimate of drug-likeness (QED) is 0.575. The van der Waals surface area contributed by atoms with E-state index < -0.39 is 8.80 Å². The molecule has 0 rings (SSSR count). The van der Waals surface area contributed by atoms with Gasteiger partial charge in [-0.15, -0.1) is 0 Å². The van der Waals surface area contributed by atoms with Crippen molar-refractivity contribution in [2.75, 3.05) is 21.3 Å². The first-order valence-corrected chi connectivity index (χ1v) is 6.78. The van der Waals surface area contributed by atoms with E-state index in [1.54, 1.807) is 21.3 Å². The smallest absolute Gasteiger partial charge is 0.377 e. The number of hydrogen-bond acceptors (Lipinski definition) is 3. The summed E-state index contributed by atoms with van der Waals surface area (Å²) in [5, 5.41) is 0.502. The van der Waals surface area contributed by atoms with Gasteiger partial charge in [-0.3, -0.25) is 0 Å². The molecule has 1 unspecified atom stereocenters.